The molecule has 1 aromatic heterocycles. The number of nitrogens with zero attached hydrogens (tertiary/aromatic N) is 2. The maximum absolute atomic E-state index is 12.1. The first-order chi connectivity index (χ1) is 10.0. The summed E-state index contributed by atoms with van der Waals surface area (Å²) in [5, 5.41) is 14.4. The van der Waals surface area contributed by atoms with Crippen LogP contribution >= 0.6 is 0 Å². The van der Waals surface area contributed by atoms with Gasteiger partial charge in [-0.05, 0) is 12.1 Å². The van der Waals surface area contributed by atoms with Crippen molar-refractivity contribution in [3.8, 4) is 0 Å². The second-order valence-electron chi connectivity index (χ2n) is 4.07. The number of aliphatic hydroxyl groups is 1. The molecule has 1 heterocycles. The third-order valence-electron chi connectivity index (χ3n) is 2.48. The van der Waals surface area contributed by atoms with Gasteiger partial charge in [0.25, 0.3) is 0 Å². The Balaban J connectivity index is 2.11. The van der Waals surface area contributed by atoms with Gasteiger partial charge in [-0.2, -0.15) is 4.98 Å². The maximum atomic E-state index is 12.1. The topological polar surface area (TPSA) is 122 Å². The summed E-state index contributed by atoms with van der Waals surface area (Å²) in [5.74, 6) is -1.58. The largest absolute Gasteiger partial charge is 0.395 e. The number of aliphatic hydroxyl groups excluding tert-OH is 1. The van der Waals surface area contributed by atoms with Crippen molar-refractivity contribution >= 4 is 15.7 Å². The van der Waals surface area contributed by atoms with Gasteiger partial charge in [0.05, 0.1) is 11.5 Å². The monoisotopic (exact) mass is 311 g/mol. The number of carbonyl (C=O) groups excluding carboxylic acids is 1. The van der Waals surface area contributed by atoms with Gasteiger partial charge in [0.1, 0.15) is 5.75 Å². The molecule has 0 radical (unpaired) electrons. The average molecular weight is 311 g/mol. The van der Waals surface area contributed by atoms with E-state index in [1.165, 1.54) is 12.1 Å². The third-order valence-corrected chi connectivity index (χ3v) is 4.11. The molecular weight excluding hydrogens is 298 g/mol. The number of nitrogens with one attached hydrogen (secondary N) is 1. The predicted molar refractivity (Wildman–Crippen MR) is 71.0 cm³/mol. The van der Waals surface area contributed by atoms with E-state index in [0.29, 0.717) is 0 Å². The zero-order chi connectivity index (χ0) is 15.3. The van der Waals surface area contributed by atoms with Crippen LogP contribution < -0.4 is 5.32 Å². The highest BCUT2D eigenvalue weighted by atomic mass is 32.2. The van der Waals surface area contributed by atoms with E-state index in [4.69, 9.17) is 5.11 Å². The zero-order valence-electron chi connectivity index (χ0n) is 10.9. The first-order valence-corrected chi connectivity index (χ1v) is 7.67. The Morgan fingerprint density at radius 2 is 2.00 bits per heavy atom. The number of carbonyl (C=O) groups is 1. The molecule has 0 unspecified atom stereocenters. The lowest BCUT2D eigenvalue weighted by atomic mass is 10.4. The van der Waals surface area contributed by atoms with Crippen molar-refractivity contribution in [3.63, 3.8) is 0 Å². The van der Waals surface area contributed by atoms with E-state index in [0.717, 1.165) is 0 Å². The van der Waals surface area contributed by atoms with E-state index >= 15 is 0 Å². The fourth-order valence-electron chi connectivity index (χ4n) is 1.53. The van der Waals surface area contributed by atoms with E-state index < -0.39 is 21.5 Å². The summed E-state index contributed by atoms with van der Waals surface area (Å²) in [5.41, 5.74) is 0. The number of benzene rings is 1. The summed E-state index contributed by atoms with van der Waals surface area (Å²) >= 11 is 0. The Morgan fingerprint density at radius 1 is 1.29 bits per heavy atom. The summed E-state index contributed by atoms with van der Waals surface area (Å²) in [7, 11) is -3.60. The van der Waals surface area contributed by atoms with Crippen LogP contribution in [-0.4, -0.2) is 42.7 Å². The molecule has 1 amide bonds. The minimum absolute atomic E-state index is 0.0405. The summed E-state index contributed by atoms with van der Waals surface area (Å²) in [4.78, 5) is 15.3. The standard InChI is InChI=1S/C12H13N3O5S/c16-7-6-13-11(17)12-14-10(15-20-12)8-21(18,19)9-4-2-1-3-5-9/h1-5,16H,6-8H2,(H,13,17). The molecule has 9 heteroatoms. The molecule has 2 N–H and O–H groups in total. The highest BCUT2D eigenvalue weighted by Crippen LogP contribution is 2.14. The van der Waals surface area contributed by atoms with Gasteiger partial charge in [-0.3, -0.25) is 4.79 Å². The van der Waals surface area contributed by atoms with Crippen molar-refractivity contribution in [1.29, 1.82) is 0 Å². The molecule has 8 nitrogen and oxygen atoms in total. The highest BCUT2D eigenvalue weighted by Gasteiger charge is 2.21. The quantitative estimate of drug-likeness (QED) is 0.755. The van der Waals surface area contributed by atoms with E-state index in [1.807, 2.05) is 0 Å². The molecule has 0 fully saturated rings. The van der Waals surface area contributed by atoms with Gasteiger partial charge in [0.2, 0.25) is 0 Å². The molecule has 0 saturated carbocycles. The van der Waals surface area contributed by atoms with Gasteiger partial charge < -0.3 is 14.9 Å². The summed E-state index contributed by atoms with van der Waals surface area (Å²) in [6.07, 6.45) is 0. The fourth-order valence-corrected chi connectivity index (χ4v) is 2.73. The minimum atomic E-state index is -3.60. The van der Waals surface area contributed by atoms with Gasteiger partial charge in [-0.25, -0.2) is 8.42 Å². The molecule has 0 saturated heterocycles. The smallest absolute Gasteiger partial charge is 0.315 e. The Bertz CT molecular complexity index is 712. The van der Waals surface area contributed by atoms with Crippen LogP contribution in [-0.2, 0) is 15.6 Å². The lowest BCUT2D eigenvalue weighted by Crippen LogP contribution is -2.26. The van der Waals surface area contributed by atoms with Crippen molar-refractivity contribution in [3.05, 3.63) is 42.0 Å². The zero-order valence-corrected chi connectivity index (χ0v) is 11.7. The van der Waals surface area contributed by atoms with Crippen molar-refractivity contribution < 1.29 is 22.8 Å². The first-order valence-electron chi connectivity index (χ1n) is 6.02. The normalized spacial score (nSPS) is 11.3. The Hall–Kier alpha value is -2.26. The van der Waals surface area contributed by atoms with Crippen molar-refractivity contribution in [2.45, 2.75) is 10.6 Å². The van der Waals surface area contributed by atoms with Crippen LogP contribution in [0.2, 0.25) is 0 Å². The molecule has 0 atom stereocenters. The molecule has 0 spiro atoms. The molecule has 0 aliphatic rings. The fraction of sp³-hybridized carbons (Fsp3) is 0.250. The van der Waals surface area contributed by atoms with Crippen LogP contribution in [0.1, 0.15) is 16.5 Å². The number of rotatable bonds is 6. The van der Waals surface area contributed by atoms with Crippen LogP contribution in [0.15, 0.2) is 39.8 Å². The molecule has 21 heavy (non-hydrogen) atoms. The lowest BCUT2D eigenvalue weighted by molar-refractivity contribution is 0.0901. The van der Waals surface area contributed by atoms with Gasteiger partial charge in [0.15, 0.2) is 15.7 Å². The molecule has 0 bridgehead atoms. The molecular formula is C12H13N3O5S. The molecule has 1 aromatic carbocycles. The van der Waals surface area contributed by atoms with E-state index in [1.54, 1.807) is 18.2 Å². The van der Waals surface area contributed by atoms with Gasteiger partial charge >= 0.3 is 11.8 Å². The Morgan fingerprint density at radius 3 is 2.67 bits per heavy atom. The van der Waals surface area contributed by atoms with E-state index in [2.05, 4.69) is 20.0 Å². The molecule has 112 valence electrons. The average Bonchev–Trinajstić information content (AvgIpc) is 2.93. The van der Waals surface area contributed by atoms with Crippen LogP contribution in [0, 0.1) is 0 Å². The Kier molecular flexibility index (Phi) is 4.66. The summed E-state index contributed by atoms with van der Waals surface area (Å²) < 4.78 is 28.9. The number of sulfone groups is 1. The van der Waals surface area contributed by atoms with Crippen LogP contribution in [0.4, 0.5) is 0 Å². The number of hydrogen-bond acceptors (Lipinski definition) is 7. The molecule has 0 aliphatic carbocycles. The Labute approximate surface area is 120 Å². The second-order valence-corrected chi connectivity index (χ2v) is 6.06. The SMILES string of the molecule is O=C(NCCO)c1nc(CS(=O)(=O)c2ccccc2)no1. The molecule has 0 aliphatic heterocycles. The summed E-state index contributed by atoms with van der Waals surface area (Å²) in [6.45, 7) is -0.187. The van der Waals surface area contributed by atoms with Crippen LogP contribution in [0.25, 0.3) is 0 Å². The third kappa shape index (κ3) is 3.86. The first kappa shape index (κ1) is 15.1. The lowest BCUT2D eigenvalue weighted by Gasteiger charge is -2.00. The maximum Gasteiger partial charge on any atom is 0.315 e. The van der Waals surface area contributed by atoms with Crippen molar-refractivity contribution in [2.24, 2.45) is 0 Å². The van der Waals surface area contributed by atoms with Crippen molar-refractivity contribution in [2.75, 3.05) is 13.2 Å². The highest BCUT2D eigenvalue weighted by molar-refractivity contribution is 7.90. The van der Waals surface area contributed by atoms with Gasteiger partial charge in [0, 0.05) is 6.54 Å². The van der Waals surface area contributed by atoms with E-state index in [-0.39, 0.29) is 29.8 Å². The summed E-state index contributed by atoms with van der Waals surface area (Å²) in [6, 6.07) is 7.85. The second kappa shape index (κ2) is 6.46. The minimum Gasteiger partial charge on any atom is -0.395 e. The number of amides is 1. The number of aromatic nitrogens is 2. The molecule has 2 rings (SSSR count). The number of hydrogen-bond donors (Lipinski definition) is 2. The van der Waals surface area contributed by atoms with E-state index in [9.17, 15) is 13.2 Å². The predicted octanol–water partition coefficient (Wildman–Crippen LogP) is -0.234. The van der Waals surface area contributed by atoms with Crippen LogP contribution in [0.3, 0.4) is 0 Å². The van der Waals surface area contributed by atoms with Gasteiger partial charge in [-0.1, -0.05) is 23.4 Å². The van der Waals surface area contributed by atoms with Gasteiger partial charge in [-0.15, -0.1) is 0 Å². The van der Waals surface area contributed by atoms with Crippen molar-refractivity contribution in [1.82, 2.24) is 15.5 Å². The van der Waals surface area contributed by atoms with Crippen LogP contribution in [0.5, 0.6) is 0 Å². The molecule has 2 aromatic rings.